The van der Waals surface area contributed by atoms with Gasteiger partial charge in [-0.15, -0.1) is 0 Å². The van der Waals surface area contributed by atoms with Crippen LogP contribution in [-0.2, 0) is 15.7 Å². The summed E-state index contributed by atoms with van der Waals surface area (Å²) in [5, 5.41) is 0. The first-order chi connectivity index (χ1) is 2.27. The van der Waals surface area contributed by atoms with Gasteiger partial charge in [0.05, 0.1) is 0 Å². The first-order valence-corrected chi connectivity index (χ1v) is 2.19. The molecule has 0 spiro atoms. The van der Waals surface area contributed by atoms with Crippen molar-refractivity contribution in [2.75, 3.05) is 0 Å². The van der Waals surface area contributed by atoms with Crippen LogP contribution in [0.2, 0.25) is 0 Å². The van der Waals surface area contributed by atoms with E-state index >= 15 is 0 Å². The molecule has 1 N–H and O–H groups in total. The van der Waals surface area contributed by atoms with E-state index in [9.17, 15) is 0 Å². The van der Waals surface area contributed by atoms with Gasteiger partial charge in [-0.3, -0.25) is 0 Å². The molecule has 0 aromatic carbocycles. The Morgan fingerprint density at radius 2 is 2.20 bits per heavy atom. The van der Waals surface area contributed by atoms with Crippen molar-refractivity contribution in [2.45, 2.75) is 0 Å². The number of rotatable bonds is 0. The Bertz CT molecular complexity index is 44.9. The quantitative estimate of drug-likeness (QED) is 0.292. The summed E-state index contributed by atoms with van der Waals surface area (Å²) in [5.41, 5.74) is 0. The van der Waals surface area contributed by atoms with Crippen LogP contribution in [0, 0.1) is 0 Å². The second-order valence-corrected chi connectivity index (χ2v) is 1.79. The summed E-state index contributed by atoms with van der Waals surface area (Å²) in [6, 6.07) is 0. The average Bonchev–Trinajstić information content (AvgIpc) is 1.38. The molecule has 0 fully saturated rings. The Morgan fingerprint density at radius 3 is 2.20 bits per heavy atom. The molecule has 0 radical (unpaired) electrons. The van der Waals surface area contributed by atoms with Crippen LogP contribution in [0.1, 0.15) is 0 Å². The van der Waals surface area contributed by atoms with Crippen LogP contribution >= 0.6 is 24.8 Å². The summed E-state index contributed by atoms with van der Waals surface area (Å²) in [7, 11) is 0. The van der Waals surface area contributed by atoms with Crippen LogP contribution in [-0.4, -0.2) is 4.32 Å². The fraction of sp³-hybridized carbons (Fsp3) is 0. The second-order valence-electron chi connectivity index (χ2n) is 0.384. The molecule has 0 aliphatic rings. The standard InChI is InChI=1S/CH3NS2.Ni/c2-1(3)4;/h(H3,2,3,4);/q;+1/p-1. The van der Waals surface area contributed by atoms with Crippen LogP contribution in [0.3, 0.4) is 0 Å². The zero-order valence-corrected chi connectivity index (χ0v) is 4.87. The van der Waals surface area contributed by atoms with Gasteiger partial charge in [0, 0.05) is 0 Å². The molecule has 0 rings (SSSR count). The fourth-order valence-electron chi connectivity index (χ4n) is 0. The molecular weight excluding hydrogens is 149 g/mol. The number of hydrogen-bond donors (Lipinski definition) is 2. The van der Waals surface area contributed by atoms with Crippen LogP contribution < -0.4 is 4.40 Å². The molecule has 4 heteroatoms. The Labute approximate surface area is 49.5 Å². The Hall–Kier alpha value is 0.734. The molecule has 0 heterocycles. The molecule has 0 aliphatic heterocycles. The van der Waals surface area contributed by atoms with E-state index in [2.05, 4.69) is 44.9 Å². The molecule has 0 atom stereocenters. The van der Waals surface area contributed by atoms with E-state index in [1.807, 2.05) is 0 Å². The van der Waals surface area contributed by atoms with Crippen LogP contribution in [0.25, 0.3) is 0 Å². The third kappa shape index (κ3) is 4.73. The zero-order valence-electron chi connectivity index (χ0n) is 2.17. The minimum atomic E-state index is 0.366. The van der Waals surface area contributed by atoms with E-state index in [-0.39, 0.29) is 0 Å². The van der Waals surface area contributed by atoms with Gasteiger partial charge in [0.15, 0.2) is 0 Å². The fourth-order valence-corrected chi connectivity index (χ4v) is 0. The first kappa shape index (κ1) is 5.73. The van der Waals surface area contributed by atoms with Crippen molar-refractivity contribution >= 4 is 29.2 Å². The summed E-state index contributed by atoms with van der Waals surface area (Å²) in [4.78, 5) is 0. The van der Waals surface area contributed by atoms with Gasteiger partial charge in [-0.05, 0) is 0 Å². The van der Waals surface area contributed by atoms with Crippen molar-refractivity contribution in [3.05, 3.63) is 0 Å². The average molecular weight is 151 g/mol. The molecule has 1 nitrogen and oxygen atoms in total. The predicted molar refractivity (Wildman–Crippen MR) is 24.7 cm³/mol. The van der Waals surface area contributed by atoms with Crippen LogP contribution in [0.15, 0.2) is 0 Å². The van der Waals surface area contributed by atoms with E-state index in [4.69, 9.17) is 0 Å². The van der Waals surface area contributed by atoms with E-state index < -0.39 is 0 Å². The molecule has 0 aliphatic carbocycles. The van der Waals surface area contributed by atoms with Gasteiger partial charge in [0.1, 0.15) is 0 Å². The maximum atomic E-state index is 4.36. The normalized spacial score (nSPS) is 7.00. The van der Waals surface area contributed by atoms with Crippen molar-refractivity contribution in [1.29, 1.82) is 0 Å². The first-order valence-electron chi connectivity index (χ1n) is 0.836. The van der Waals surface area contributed by atoms with Gasteiger partial charge in [0.2, 0.25) is 0 Å². The molecular formula is CH2NNiS2. The van der Waals surface area contributed by atoms with Gasteiger partial charge < -0.3 is 0 Å². The van der Waals surface area contributed by atoms with E-state index in [1.165, 1.54) is 0 Å². The van der Waals surface area contributed by atoms with Crippen molar-refractivity contribution in [3.63, 3.8) is 0 Å². The van der Waals surface area contributed by atoms with E-state index in [1.54, 1.807) is 0 Å². The van der Waals surface area contributed by atoms with Gasteiger partial charge in [-0.25, -0.2) is 0 Å². The number of thiocarbonyl (C=S) groups is 1. The Kier molecular flexibility index (Phi) is 3.38. The maximum absolute atomic E-state index is 4.36. The summed E-state index contributed by atoms with van der Waals surface area (Å²) in [5.74, 6) is 0. The molecule has 0 amide bonds. The monoisotopic (exact) mass is 150 g/mol. The molecule has 0 saturated carbocycles. The minimum absolute atomic E-state index is 0.366. The summed E-state index contributed by atoms with van der Waals surface area (Å²) in [6.07, 6.45) is 0. The van der Waals surface area contributed by atoms with Crippen molar-refractivity contribution in [3.8, 4) is 0 Å². The molecule has 0 bridgehead atoms. The van der Waals surface area contributed by atoms with Crippen molar-refractivity contribution in [2.24, 2.45) is 0 Å². The number of hydrogen-bond acceptors (Lipinski definition) is 1. The summed E-state index contributed by atoms with van der Waals surface area (Å²) < 4.78 is 2.61. The van der Waals surface area contributed by atoms with Gasteiger partial charge >= 0.3 is 49.2 Å². The molecule has 0 unspecified atom stereocenters. The molecule has 0 aromatic rings. The number of nitrogens with one attached hydrogen (secondary N) is 1. The Balaban J connectivity index is 2.85. The molecule has 0 saturated heterocycles. The molecule has 5 heavy (non-hydrogen) atoms. The van der Waals surface area contributed by atoms with Crippen LogP contribution in [0.4, 0.5) is 0 Å². The van der Waals surface area contributed by atoms with Crippen molar-refractivity contribution in [1.82, 2.24) is 4.40 Å². The summed E-state index contributed by atoms with van der Waals surface area (Å²) in [6.45, 7) is 0. The van der Waals surface area contributed by atoms with Gasteiger partial charge in [-0.2, -0.15) is 0 Å². The molecule has 33 valence electrons. The van der Waals surface area contributed by atoms with Gasteiger partial charge in [-0.1, -0.05) is 0 Å². The third-order valence-electron chi connectivity index (χ3n) is 0.0676. The zero-order chi connectivity index (χ0) is 4.28. The predicted octanol–water partition coefficient (Wildman–Crippen LogP) is 0.253. The molecule has 0 aromatic heterocycles. The SMILES string of the molecule is S=C(S)[NH][Ni]. The third-order valence-corrected chi connectivity index (χ3v) is 0.837. The Morgan fingerprint density at radius 1 is 2.00 bits per heavy atom. The van der Waals surface area contributed by atoms with Gasteiger partial charge in [0.25, 0.3) is 0 Å². The number of thiol groups is 1. The van der Waals surface area contributed by atoms with E-state index in [0.29, 0.717) is 4.32 Å². The van der Waals surface area contributed by atoms with E-state index in [0.717, 1.165) is 0 Å². The topological polar surface area (TPSA) is 12.0 Å². The second kappa shape index (κ2) is 2.94. The van der Waals surface area contributed by atoms with Crippen molar-refractivity contribution < 1.29 is 15.7 Å². The summed E-state index contributed by atoms with van der Waals surface area (Å²) >= 11 is 11.9. The van der Waals surface area contributed by atoms with Crippen LogP contribution in [0.5, 0.6) is 0 Å².